The molecule has 6 rings (SSSR count). The molecule has 0 atom stereocenters. The van der Waals surface area contributed by atoms with E-state index in [2.05, 4.69) is 34.5 Å². The van der Waals surface area contributed by atoms with Crippen LogP contribution >= 0.6 is 11.6 Å². The summed E-state index contributed by atoms with van der Waals surface area (Å²) in [6, 6.07) is 7.36. The number of imidazole rings is 1. The molecule has 2 N–H and O–H groups in total. The summed E-state index contributed by atoms with van der Waals surface area (Å²) >= 11 is 6.50. The standard InChI is InChI=1S/C34H37ClF3N9O4.CH2O2/c1-43-27(25-19-46(42-29(25)34(36,37)38)28-7-4-21(20-48)17-39-28)18-40-30(43)31(49)41-23-5-6-24(26(35)16-23)33(51)45-12-10-44(11-13-45)32(50)22-8-14-47(2,3)15-9-22;2-1-3/h4-7,16-19,22,48H,8-15,20H2,1-3H3;1H,(H,2,3). The van der Waals surface area contributed by atoms with E-state index >= 15 is 0 Å². The van der Waals surface area contributed by atoms with E-state index in [0.717, 1.165) is 47.5 Å². The van der Waals surface area contributed by atoms with Gasteiger partial charge in [0.15, 0.2) is 17.3 Å². The molecule has 1 aromatic carbocycles. The highest BCUT2D eigenvalue weighted by Gasteiger charge is 2.39. The number of amides is 3. The second-order valence-corrected chi connectivity index (χ2v) is 14.0. The quantitative estimate of drug-likeness (QED) is 0.211. The van der Waals surface area contributed by atoms with Gasteiger partial charge in [-0.3, -0.25) is 14.4 Å². The number of aliphatic hydroxyl groups excluding tert-OH is 1. The van der Waals surface area contributed by atoms with Crippen molar-refractivity contribution in [3.05, 3.63) is 76.6 Å². The van der Waals surface area contributed by atoms with E-state index < -0.39 is 24.2 Å². The number of nitrogens with one attached hydrogen (secondary N) is 1. The molecule has 0 bridgehead atoms. The van der Waals surface area contributed by atoms with Gasteiger partial charge in [-0.15, -0.1) is 0 Å². The number of aromatic nitrogens is 5. The first-order valence-electron chi connectivity index (χ1n) is 16.9. The van der Waals surface area contributed by atoms with Gasteiger partial charge in [0.1, 0.15) is 0 Å². The summed E-state index contributed by atoms with van der Waals surface area (Å²) in [6.07, 6.45) is 0.503. The number of piperazine rings is 1. The smallest absolute Gasteiger partial charge is 0.435 e. The molecule has 0 saturated carbocycles. The molecule has 3 aromatic heterocycles. The molecular formula is C35H39ClF3N9O6. The fraction of sp³-hybridized carbons (Fsp3) is 0.400. The van der Waals surface area contributed by atoms with Crippen LogP contribution in [0.5, 0.6) is 0 Å². The van der Waals surface area contributed by atoms with Crippen molar-refractivity contribution < 1.29 is 47.0 Å². The number of rotatable bonds is 7. The van der Waals surface area contributed by atoms with Gasteiger partial charge >= 0.3 is 6.18 Å². The van der Waals surface area contributed by atoms with Crippen molar-refractivity contribution in [1.82, 2.24) is 34.1 Å². The molecule has 0 spiro atoms. The molecule has 0 unspecified atom stereocenters. The van der Waals surface area contributed by atoms with Crippen molar-refractivity contribution in [3.63, 3.8) is 0 Å². The van der Waals surface area contributed by atoms with Crippen molar-refractivity contribution in [2.75, 3.05) is 58.7 Å². The number of aliphatic hydroxyl groups is 1. The summed E-state index contributed by atoms with van der Waals surface area (Å²) in [6.45, 7) is 2.77. The third-order valence-corrected chi connectivity index (χ3v) is 9.84. The molecule has 15 nitrogen and oxygen atoms in total. The van der Waals surface area contributed by atoms with Crippen LogP contribution in [-0.2, 0) is 29.4 Å². The third kappa shape index (κ3) is 8.88. The topological polar surface area (TPSA) is 179 Å². The van der Waals surface area contributed by atoms with Crippen molar-refractivity contribution in [2.45, 2.75) is 25.6 Å². The summed E-state index contributed by atoms with van der Waals surface area (Å²) in [5.74, 6) is -0.935. The maximum absolute atomic E-state index is 14.1. The number of halogens is 4. The van der Waals surface area contributed by atoms with Gasteiger partial charge in [-0.05, 0) is 29.8 Å². The lowest BCUT2D eigenvalue weighted by molar-refractivity contribution is -0.895. The number of benzene rings is 1. The number of carbonyl (C=O) groups is 4. The number of likely N-dealkylation sites (tertiary alicyclic amines) is 1. The molecule has 4 aromatic rings. The van der Waals surface area contributed by atoms with Crippen molar-refractivity contribution in [2.24, 2.45) is 13.0 Å². The van der Waals surface area contributed by atoms with E-state index in [4.69, 9.17) is 21.5 Å². The maximum atomic E-state index is 14.1. The minimum absolute atomic E-state index is 0.0174. The van der Waals surface area contributed by atoms with Gasteiger partial charge in [-0.2, -0.15) is 18.3 Å². The fourth-order valence-corrected chi connectivity index (χ4v) is 6.69. The molecule has 2 aliphatic heterocycles. The van der Waals surface area contributed by atoms with E-state index in [-0.39, 0.29) is 63.5 Å². The Balaban J connectivity index is 0.00000181. The summed E-state index contributed by atoms with van der Waals surface area (Å²) in [4.78, 5) is 59.6. The average Bonchev–Trinajstić information content (AvgIpc) is 3.76. The first-order valence-corrected chi connectivity index (χ1v) is 17.3. The van der Waals surface area contributed by atoms with Gasteiger partial charge in [0.05, 0.1) is 61.8 Å². The van der Waals surface area contributed by atoms with E-state index in [1.54, 1.807) is 4.90 Å². The molecule has 288 valence electrons. The number of pyridine rings is 1. The van der Waals surface area contributed by atoms with Crippen LogP contribution in [0.25, 0.3) is 17.1 Å². The van der Waals surface area contributed by atoms with Crippen LogP contribution < -0.4 is 10.4 Å². The van der Waals surface area contributed by atoms with Gasteiger partial charge in [-0.25, -0.2) is 14.6 Å². The molecule has 3 amide bonds. The number of nitrogens with zero attached hydrogens (tertiary/aromatic N) is 8. The number of hydrogen-bond donors (Lipinski definition) is 2. The number of alkyl halides is 3. The lowest BCUT2D eigenvalue weighted by atomic mass is 9.94. The molecule has 2 fully saturated rings. The predicted octanol–water partition coefficient (Wildman–Crippen LogP) is 2.22. The second-order valence-electron chi connectivity index (χ2n) is 13.6. The van der Waals surface area contributed by atoms with Crippen LogP contribution in [0.4, 0.5) is 18.9 Å². The molecule has 2 aliphatic rings. The van der Waals surface area contributed by atoms with Crippen LogP contribution in [0.15, 0.2) is 48.9 Å². The Morgan fingerprint density at radius 1 is 1.04 bits per heavy atom. The van der Waals surface area contributed by atoms with Crippen molar-refractivity contribution in [3.8, 4) is 17.1 Å². The number of carboxylic acid groups (broad SMARTS) is 1. The van der Waals surface area contributed by atoms with Gasteiger partial charge in [0, 0.05) is 76.5 Å². The van der Waals surface area contributed by atoms with Gasteiger partial charge in [-0.1, -0.05) is 17.7 Å². The number of anilines is 1. The summed E-state index contributed by atoms with van der Waals surface area (Å²) in [7, 11) is 5.75. The molecule has 0 aliphatic carbocycles. The molecule has 2 saturated heterocycles. The van der Waals surface area contributed by atoms with Gasteiger partial charge in [0.2, 0.25) is 5.91 Å². The molecule has 0 radical (unpaired) electrons. The van der Waals surface area contributed by atoms with Crippen LogP contribution in [0.3, 0.4) is 0 Å². The van der Waals surface area contributed by atoms with E-state index in [9.17, 15) is 32.7 Å². The fourth-order valence-electron chi connectivity index (χ4n) is 6.43. The third-order valence-electron chi connectivity index (χ3n) is 9.53. The Hall–Kier alpha value is -5.33. The lowest BCUT2D eigenvalue weighted by Crippen LogP contribution is -2.54. The molecule has 19 heteroatoms. The zero-order valence-electron chi connectivity index (χ0n) is 29.7. The SMILES string of the molecule is Cn1c(-c2cn(-c3ccc(CO)cn3)nc2C(F)(F)F)cnc1C(=O)Nc1ccc(C(=O)N2CCN(C(=O)C3CC[N+](C)(C)CC3)CC2)c(Cl)c1.O=C[O-]. The normalized spacial score (nSPS) is 16.0. The average molecular weight is 774 g/mol. The van der Waals surface area contributed by atoms with E-state index in [0.29, 0.717) is 31.7 Å². The monoisotopic (exact) mass is 773 g/mol. The Morgan fingerprint density at radius 2 is 1.69 bits per heavy atom. The van der Waals surface area contributed by atoms with Crippen molar-refractivity contribution >= 4 is 41.5 Å². The van der Waals surface area contributed by atoms with Crippen LogP contribution in [-0.4, -0.2) is 121 Å². The largest absolute Gasteiger partial charge is 0.554 e. The molecule has 5 heterocycles. The number of carbonyl (C=O) groups excluding carboxylic acids is 4. The van der Waals surface area contributed by atoms with Crippen LogP contribution in [0.1, 0.15) is 45.1 Å². The highest BCUT2D eigenvalue weighted by molar-refractivity contribution is 6.34. The van der Waals surface area contributed by atoms with Crippen molar-refractivity contribution in [1.29, 1.82) is 0 Å². The maximum Gasteiger partial charge on any atom is 0.435 e. The number of hydrogen-bond acceptors (Lipinski definition) is 9. The van der Waals surface area contributed by atoms with Crippen LogP contribution in [0, 0.1) is 5.92 Å². The van der Waals surface area contributed by atoms with E-state index in [1.165, 1.54) is 48.1 Å². The highest BCUT2D eigenvalue weighted by Crippen LogP contribution is 2.37. The Bertz CT molecular complexity index is 2000. The summed E-state index contributed by atoms with van der Waals surface area (Å²) < 4.78 is 45.3. The number of piperidine rings is 1. The van der Waals surface area contributed by atoms with Crippen LogP contribution in [0.2, 0.25) is 5.02 Å². The first-order chi connectivity index (χ1) is 25.6. The highest BCUT2D eigenvalue weighted by atomic mass is 35.5. The van der Waals surface area contributed by atoms with E-state index in [1.807, 2.05) is 4.90 Å². The number of quaternary nitrogens is 1. The zero-order valence-corrected chi connectivity index (χ0v) is 30.5. The summed E-state index contributed by atoms with van der Waals surface area (Å²) in [5.41, 5.74) is -0.576. The molecular weight excluding hydrogens is 735 g/mol. The molecule has 54 heavy (non-hydrogen) atoms. The second kappa shape index (κ2) is 16.4. The lowest BCUT2D eigenvalue weighted by Gasteiger charge is -2.40. The summed E-state index contributed by atoms with van der Waals surface area (Å²) in [5, 5.41) is 23.9. The predicted molar refractivity (Wildman–Crippen MR) is 187 cm³/mol. The first kappa shape index (κ1) is 39.9. The van der Waals surface area contributed by atoms with Gasteiger partial charge < -0.3 is 39.2 Å². The van der Waals surface area contributed by atoms with Gasteiger partial charge in [0.25, 0.3) is 11.8 Å². The zero-order chi connectivity index (χ0) is 39.4. The Morgan fingerprint density at radius 3 is 2.26 bits per heavy atom. The Labute approximate surface area is 313 Å². The minimum atomic E-state index is -4.83. The Kier molecular flexibility index (Phi) is 12.1. The minimum Gasteiger partial charge on any atom is -0.554 e.